The summed E-state index contributed by atoms with van der Waals surface area (Å²) in [4.78, 5) is 9.55. The van der Waals surface area contributed by atoms with Gasteiger partial charge in [-0.2, -0.15) is 4.39 Å². The number of benzene rings is 1. The molecule has 0 amide bonds. The van der Waals surface area contributed by atoms with Gasteiger partial charge in [-0.15, -0.1) is 0 Å². The number of hydrogen-bond donors (Lipinski definition) is 1. The van der Waals surface area contributed by atoms with Gasteiger partial charge < -0.3 is 0 Å². The van der Waals surface area contributed by atoms with Gasteiger partial charge in [0.15, 0.2) is 0 Å². The molecule has 0 heterocycles. The number of nitro benzene ring substituents is 1. The predicted octanol–water partition coefficient (Wildman–Crippen LogP) is 2.51. The van der Waals surface area contributed by atoms with Crippen LogP contribution in [0.3, 0.4) is 0 Å². The first-order valence-corrected chi connectivity index (χ1v) is 8.24. The molecule has 0 bridgehead atoms. The number of nitrogens with one attached hydrogen (secondary N) is 1. The molecule has 0 saturated heterocycles. The Morgan fingerprint density at radius 2 is 2.10 bits per heavy atom. The van der Waals surface area contributed by atoms with Gasteiger partial charge in [0.1, 0.15) is 0 Å². The van der Waals surface area contributed by atoms with Crippen molar-refractivity contribution in [3.05, 3.63) is 33.6 Å². The lowest BCUT2D eigenvalue weighted by molar-refractivity contribution is -0.387. The Morgan fingerprint density at radius 3 is 2.67 bits per heavy atom. The summed E-state index contributed by atoms with van der Waals surface area (Å²) in [5, 5.41) is 10.7. The summed E-state index contributed by atoms with van der Waals surface area (Å²) in [5.74, 6) is -0.295. The van der Waals surface area contributed by atoms with Crippen molar-refractivity contribution >= 4 is 15.7 Å². The summed E-state index contributed by atoms with van der Waals surface area (Å²) < 4.78 is 40.1. The van der Waals surface area contributed by atoms with Crippen LogP contribution in [0, 0.1) is 28.8 Å². The summed E-state index contributed by atoms with van der Waals surface area (Å²) >= 11 is 0. The number of sulfonamides is 1. The van der Waals surface area contributed by atoms with Gasteiger partial charge >= 0.3 is 5.69 Å². The summed E-state index contributed by atoms with van der Waals surface area (Å²) in [5.41, 5.74) is -0.893. The van der Waals surface area contributed by atoms with Crippen LogP contribution in [0.1, 0.15) is 31.2 Å². The SMILES string of the molecule is Cc1cc(S(=O)(=O)NCCCC2CC2)cc([N+](=O)[O-])c1F. The molecule has 0 atom stereocenters. The van der Waals surface area contributed by atoms with Crippen molar-refractivity contribution in [2.75, 3.05) is 6.54 Å². The van der Waals surface area contributed by atoms with Crippen molar-refractivity contribution < 1.29 is 17.7 Å². The number of hydrogen-bond acceptors (Lipinski definition) is 4. The first kappa shape index (κ1) is 15.8. The maximum atomic E-state index is 13.6. The fourth-order valence-electron chi connectivity index (χ4n) is 2.09. The van der Waals surface area contributed by atoms with E-state index < -0.39 is 26.5 Å². The number of nitro groups is 1. The average molecular weight is 316 g/mol. The molecule has 0 unspecified atom stereocenters. The third-order valence-electron chi connectivity index (χ3n) is 3.49. The van der Waals surface area contributed by atoms with Crippen LogP contribution in [0.2, 0.25) is 0 Å². The molecule has 0 radical (unpaired) electrons. The van der Waals surface area contributed by atoms with Crippen molar-refractivity contribution in [1.29, 1.82) is 0 Å². The fourth-order valence-corrected chi connectivity index (χ4v) is 3.27. The minimum Gasteiger partial charge on any atom is -0.258 e. The van der Waals surface area contributed by atoms with Gasteiger partial charge in [0, 0.05) is 12.6 Å². The number of aryl methyl sites for hydroxylation is 1. The van der Waals surface area contributed by atoms with E-state index in [4.69, 9.17) is 0 Å². The Labute approximate surface area is 122 Å². The van der Waals surface area contributed by atoms with E-state index >= 15 is 0 Å². The van der Waals surface area contributed by atoms with E-state index in [2.05, 4.69) is 4.72 Å². The van der Waals surface area contributed by atoms with E-state index in [1.807, 2.05) is 0 Å². The van der Waals surface area contributed by atoms with E-state index in [0.717, 1.165) is 25.0 Å². The largest absolute Gasteiger partial charge is 0.306 e. The molecule has 116 valence electrons. The zero-order valence-electron chi connectivity index (χ0n) is 11.6. The lowest BCUT2D eigenvalue weighted by Gasteiger charge is -2.08. The highest BCUT2D eigenvalue weighted by molar-refractivity contribution is 7.89. The van der Waals surface area contributed by atoms with Crippen molar-refractivity contribution in [2.45, 2.75) is 37.5 Å². The molecule has 0 aromatic heterocycles. The highest BCUT2D eigenvalue weighted by Gasteiger charge is 2.24. The molecule has 0 spiro atoms. The van der Waals surface area contributed by atoms with Crippen LogP contribution >= 0.6 is 0 Å². The molecule has 6 nitrogen and oxygen atoms in total. The van der Waals surface area contributed by atoms with Gasteiger partial charge in [-0.05, 0) is 37.3 Å². The first-order chi connectivity index (χ1) is 9.81. The first-order valence-electron chi connectivity index (χ1n) is 6.75. The van der Waals surface area contributed by atoms with Gasteiger partial charge in [0.25, 0.3) is 0 Å². The lowest BCUT2D eigenvalue weighted by Crippen LogP contribution is -2.25. The number of halogens is 1. The molecule has 1 fully saturated rings. The predicted molar refractivity (Wildman–Crippen MR) is 74.9 cm³/mol. The molecular formula is C13H17FN2O4S. The third-order valence-corrected chi connectivity index (χ3v) is 4.93. The second-order valence-corrected chi connectivity index (χ2v) is 7.08. The summed E-state index contributed by atoms with van der Waals surface area (Å²) in [6, 6.07) is 1.86. The Morgan fingerprint density at radius 1 is 1.43 bits per heavy atom. The topological polar surface area (TPSA) is 89.3 Å². The van der Waals surface area contributed by atoms with Crippen molar-refractivity contribution in [3.63, 3.8) is 0 Å². The van der Waals surface area contributed by atoms with Crippen molar-refractivity contribution in [3.8, 4) is 0 Å². The Bertz CT molecular complexity index is 656. The van der Waals surface area contributed by atoms with Gasteiger partial charge in [0.05, 0.1) is 9.82 Å². The van der Waals surface area contributed by atoms with Crippen LogP contribution in [0.4, 0.5) is 10.1 Å². The highest BCUT2D eigenvalue weighted by atomic mass is 32.2. The average Bonchev–Trinajstić information content (AvgIpc) is 3.21. The quantitative estimate of drug-likeness (QED) is 0.475. The molecule has 1 aliphatic rings. The summed E-state index contributed by atoms with van der Waals surface area (Å²) in [6.45, 7) is 1.58. The minimum atomic E-state index is -3.85. The normalized spacial score (nSPS) is 15.1. The monoisotopic (exact) mass is 316 g/mol. The molecule has 8 heteroatoms. The Kier molecular flexibility index (Phi) is 4.58. The Hall–Kier alpha value is -1.54. The minimum absolute atomic E-state index is 0.0671. The molecule has 1 saturated carbocycles. The second kappa shape index (κ2) is 6.07. The highest BCUT2D eigenvalue weighted by Crippen LogP contribution is 2.33. The number of rotatable bonds is 7. The van der Waals surface area contributed by atoms with Crippen LogP contribution < -0.4 is 4.72 Å². The van der Waals surface area contributed by atoms with Crippen molar-refractivity contribution in [1.82, 2.24) is 4.72 Å². The van der Waals surface area contributed by atoms with Crippen molar-refractivity contribution in [2.24, 2.45) is 5.92 Å². The summed E-state index contributed by atoms with van der Waals surface area (Å²) in [7, 11) is -3.85. The molecular weight excluding hydrogens is 299 g/mol. The van der Waals surface area contributed by atoms with Crippen LogP contribution in [0.25, 0.3) is 0 Å². The van der Waals surface area contributed by atoms with Gasteiger partial charge in [-0.25, -0.2) is 13.1 Å². The van der Waals surface area contributed by atoms with Crippen LogP contribution in [-0.2, 0) is 10.0 Å². The standard InChI is InChI=1S/C13H17FN2O4S/c1-9-7-11(8-12(13(9)14)16(17)18)21(19,20)15-6-2-3-10-4-5-10/h7-8,10,15H,2-6H2,1H3. The van der Waals surface area contributed by atoms with Crippen LogP contribution in [0.15, 0.2) is 17.0 Å². The van der Waals surface area contributed by atoms with Crippen LogP contribution in [-0.4, -0.2) is 19.9 Å². The molecule has 1 N–H and O–H groups in total. The second-order valence-electron chi connectivity index (χ2n) is 5.31. The molecule has 1 aliphatic carbocycles. The lowest BCUT2D eigenvalue weighted by atomic mass is 10.2. The summed E-state index contributed by atoms with van der Waals surface area (Å²) in [6.07, 6.45) is 4.11. The van der Waals surface area contributed by atoms with E-state index in [9.17, 15) is 22.9 Å². The zero-order valence-corrected chi connectivity index (χ0v) is 12.5. The zero-order chi connectivity index (χ0) is 15.6. The fraction of sp³-hybridized carbons (Fsp3) is 0.538. The smallest absolute Gasteiger partial charge is 0.258 e. The van der Waals surface area contributed by atoms with Gasteiger partial charge in [0.2, 0.25) is 15.8 Å². The molecule has 1 aromatic rings. The molecule has 0 aliphatic heterocycles. The van der Waals surface area contributed by atoms with Gasteiger partial charge in [-0.3, -0.25) is 10.1 Å². The maximum Gasteiger partial charge on any atom is 0.306 e. The maximum absolute atomic E-state index is 13.6. The van der Waals surface area contributed by atoms with Gasteiger partial charge in [-0.1, -0.05) is 12.8 Å². The van der Waals surface area contributed by atoms with E-state index in [-0.39, 0.29) is 17.0 Å². The Balaban J connectivity index is 2.12. The van der Waals surface area contributed by atoms with E-state index in [1.54, 1.807) is 0 Å². The van der Waals surface area contributed by atoms with Crippen LogP contribution in [0.5, 0.6) is 0 Å². The molecule has 2 rings (SSSR count). The van der Waals surface area contributed by atoms with E-state index in [0.29, 0.717) is 5.92 Å². The third kappa shape index (κ3) is 3.98. The molecule has 1 aromatic carbocycles. The van der Waals surface area contributed by atoms with E-state index in [1.165, 1.54) is 19.8 Å². The molecule has 21 heavy (non-hydrogen) atoms. The number of nitrogens with zero attached hydrogens (tertiary/aromatic N) is 1.